The first-order valence-electron chi connectivity index (χ1n) is 6.78. The molecular weight excluding hydrogens is 258 g/mol. The number of rotatable bonds is 4. The SMILES string of the molecule is CCc1cc2cc([C@H](O)CC(C)C)ccc2nc1Cl. The number of aryl methyl sites for hydroxylation is 1. The molecular formula is C16H20ClNO. The largest absolute Gasteiger partial charge is 0.388 e. The van der Waals surface area contributed by atoms with Crippen LogP contribution in [0.15, 0.2) is 24.3 Å². The Morgan fingerprint density at radius 1 is 1.26 bits per heavy atom. The van der Waals surface area contributed by atoms with Crippen LogP contribution in [0.3, 0.4) is 0 Å². The Kier molecular flexibility index (Phi) is 4.43. The fraction of sp³-hybridized carbons (Fsp3) is 0.438. The van der Waals surface area contributed by atoms with Crippen molar-refractivity contribution >= 4 is 22.5 Å². The summed E-state index contributed by atoms with van der Waals surface area (Å²) in [4.78, 5) is 4.39. The number of benzene rings is 1. The number of aliphatic hydroxyl groups is 1. The van der Waals surface area contributed by atoms with Gasteiger partial charge >= 0.3 is 0 Å². The van der Waals surface area contributed by atoms with E-state index in [0.29, 0.717) is 11.1 Å². The van der Waals surface area contributed by atoms with Crippen LogP contribution in [0.25, 0.3) is 10.9 Å². The van der Waals surface area contributed by atoms with Crippen LogP contribution in [0.4, 0.5) is 0 Å². The third kappa shape index (κ3) is 3.26. The van der Waals surface area contributed by atoms with Crippen LogP contribution in [0, 0.1) is 5.92 Å². The lowest BCUT2D eigenvalue weighted by molar-refractivity contribution is 0.151. The molecule has 102 valence electrons. The van der Waals surface area contributed by atoms with Crippen LogP contribution in [0.2, 0.25) is 5.15 Å². The molecule has 0 fully saturated rings. The fourth-order valence-electron chi connectivity index (χ4n) is 2.25. The monoisotopic (exact) mass is 277 g/mol. The zero-order valence-corrected chi connectivity index (χ0v) is 12.4. The maximum absolute atomic E-state index is 10.2. The van der Waals surface area contributed by atoms with Gasteiger partial charge in [0, 0.05) is 5.39 Å². The maximum Gasteiger partial charge on any atom is 0.132 e. The van der Waals surface area contributed by atoms with Gasteiger partial charge in [-0.1, -0.05) is 38.4 Å². The van der Waals surface area contributed by atoms with E-state index in [9.17, 15) is 5.11 Å². The summed E-state index contributed by atoms with van der Waals surface area (Å²) in [5.74, 6) is 0.472. The summed E-state index contributed by atoms with van der Waals surface area (Å²) in [6.07, 6.45) is 1.22. The van der Waals surface area contributed by atoms with E-state index in [-0.39, 0.29) is 0 Å². The molecule has 19 heavy (non-hydrogen) atoms. The molecule has 0 aliphatic heterocycles. The van der Waals surface area contributed by atoms with Gasteiger partial charge in [0.1, 0.15) is 5.15 Å². The van der Waals surface area contributed by atoms with Crippen LogP contribution in [-0.2, 0) is 6.42 Å². The van der Waals surface area contributed by atoms with Crippen molar-refractivity contribution in [2.75, 3.05) is 0 Å². The topological polar surface area (TPSA) is 33.1 Å². The highest BCUT2D eigenvalue weighted by molar-refractivity contribution is 6.30. The zero-order valence-electron chi connectivity index (χ0n) is 11.7. The zero-order chi connectivity index (χ0) is 14.0. The molecule has 3 heteroatoms. The van der Waals surface area contributed by atoms with E-state index in [4.69, 9.17) is 11.6 Å². The highest BCUT2D eigenvalue weighted by Gasteiger charge is 2.11. The summed E-state index contributed by atoms with van der Waals surface area (Å²) in [6.45, 7) is 6.29. The van der Waals surface area contributed by atoms with Crippen LogP contribution in [-0.4, -0.2) is 10.1 Å². The van der Waals surface area contributed by atoms with Crippen molar-refractivity contribution in [3.8, 4) is 0 Å². The summed E-state index contributed by atoms with van der Waals surface area (Å²) in [5, 5.41) is 11.8. The molecule has 0 aliphatic rings. The molecule has 0 saturated carbocycles. The number of aromatic nitrogens is 1. The predicted octanol–water partition coefficient (Wildman–Crippen LogP) is 4.53. The van der Waals surface area contributed by atoms with Gasteiger partial charge < -0.3 is 5.11 Å². The van der Waals surface area contributed by atoms with Crippen molar-refractivity contribution in [3.63, 3.8) is 0 Å². The van der Waals surface area contributed by atoms with Crippen molar-refractivity contribution in [1.29, 1.82) is 0 Å². The molecule has 0 unspecified atom stereocenters. The minimum absolute atomic E-state index is 0.412. The first-order valence-corrected chi connectivity index (χ1v) is 7.16. The Morgan fingerprint density at radius 2 is 2.00 bits per heavy atom. The van der Waals surface area contributed by atoms with E-state index in [1.165, 1.54) is 0 Å². The molecule has 2 aromatic rings. The van der Waals surface area contributed by atoms with Gasteiger partial charge in [0.05, 0.1) is 11.6 Å². The van der Waals surface area contributed by atoms with E-state index in [2.05, 4.69) is 31.8 Å². The van der Waals surface area contributed by atoms with E-state index in [1.54, 1.807) is 0 Å². The van der Waals surface area contributed by atoms with Gasteiger partial charge in [-0.25, -0.2) is 4.98 Å². The predicted molar refractivity (Wildman–Crippen MR) is 80.5 cm³/mol. The van der Waals surface area contributed by atoms with Crippen LogP contribution < -0.4 is 0 Å². The van der Waals surface area contributed by atoms with E-state index in [0.717, 1.165) is 34.9 Å². The number of hydrogen-bond acceptors (Lipinski definition) is 2. The van der Waals surface area contributed by atoms with Crippen LogP contribution in [0.5, 0.6) is 0 Å². The third-order valence-corrected chi connectivity index (χ3v) is 3.65. The van der Waals surface area contributed by atoms with Crippen molar-refractivity contribution in [1.82, 2.24) is 4.98 Å². The van der Waals surface area contributed by atoms with Gasteiger partial charge in [-0.05, 0) is 48.1 Å². The van der Waals surface area contributed by atoms with E-state index < -0.39 is 6.10 Å². The summed E-state index contributed by atoms with van der Waals surface area (Å²) < 4.78 is 0. The molecule has 1 aromatic heterocycles. The Balaban J connectivity index is 2.41. The standard InChI is InChI=1S/C16H20ClNO/c1-4-11-8-13-9-12(15(19)7-10(2)3)5-6-14(13)18-16(11)17/h5-6,8-10,15,19H,4,7H2,1-3H3/t15-/m1/s1. The molecule has 0 amide bonds. The summed E-state index contributed by atoms with van der Waals surface area (Å²) in [6, 6.07) is 7.95. The second-order valence-corrected chi connectivity index (χ2v) is 5.75. The lowest BCUT2D eigenvalue weighted by atomic mass is 9.98. The molecule has 1 N–H and O–H groups in total. The van der Waals surface area contributed by atoms with Crippen molar-refractivity contribution < 1.29 is 5.11 Å². The fourth-order valence-corrected chi connectivity index (χ4v) is 2.53. The van der Waals surface area contributed by atoms with Crippen molar-refractivity contribution in [2.45, 2.75) is 39.7 Å². The molecule has 1 aromatic carbocycles. The van der Waals surface area contributed by atoms with E-state index in [1.807, 2.05) is 18.2 Å². The van der Waals surface area contributed by atoms with Gasteiger partial charge in [-0.3, -0.25) is 0 Å². The number of aliphatic hydroxyl groups excluding tert-OH is 1. The summed E-state index contributed by atoms with van der Waals surface area (Å²) in [5.41, 5.74) is 2.87. The summed E-state index contributed by atoms with van der Waals surface area (Å²) in [7, 11) is 0. The minimum atomic E-state index is -0.412. The van der Waals surface area contributed by atoms with Crippen molar-refractivity contribution in [2.24, 2.45) is 5.92 Å². The average molecular weight is 278 g/mol. The van der Waals surface area contributed by atoms with Crippen molar-refractivity contribution in [3.05, 3.63) is 40.5 Å². The molecule has 1 atom stereocenters. The number of hydrogen-bond donors (Lipinski definition) is 1. The first kappa shape index (κ1) is 14.3. The number of nitrogens with zero attached hydrogens (tertiary/aromatic N) is 1. The van der Waals surface area contributed by atoms with E-state index >= 15 is 0 Å². The molecule has 0 saturated heterocycles. The van der Waals surface area contributed by atoms with Gasteiger partial charge in [0.15, 0.2) is 0 Å². The molecule has 0 radical (unpaired) electrons. The van der Waals surface area contributed by atoms with Gasteiger partial charge in [0.25, 0.3) is 0 Å². The maximum atomic E-state index is 10.2. The lowest BCUT2D eigenvalue weighted by Gasteiger charge is -2.14. The molecule has 0 spiro atoms. The van der Waals surface area contributed by atoms with Gasteiger partial charge in [-0.15, -0.1) is 0 Å². The highest BCUT2D eigenvalue weighted by atomic mass is 35.5. The highest BCUT2D eigenvalue weighted by Crippen LogP contribution is 2.26. The molecule has 2 nitrogen and oxygen atoms in total. The first-order chi connectivity index (χ1) is 9.01. The Bertz CT molecular complexity index is 580. The Labute approximate surface area is 119 Å². The lowest BCUT2D eigenvalue weighted by Crippen LogP contribution is -2.02. The third-order valence-electron chi connectivity index (χ3n) is 3.33. The second-order valence-electron chi connectivity index (χ2n) is 5.39. The molecule has 1 heterocycles. The molecule has 2 rings (SSSR count). The number of fused-ring (bicyclic) bond motifs is 1. The average Bonchev–Trinajstić information content (AvgIpc) is 2.36. The summed E-state index contributed by atoms with van der Waals surface area (Å²) >= 11 is 6.11. The molecule has 0 aliphatic carbocycles. The Hall–Kier alpha value is -1.12. The van der Waals surface area contributed by atoms with Crippen LogP contribution in [0.1, 0.15) is 44.4 Å². The second kappa shape index (κ2) is 5.89. The number of pyridine rings is 1. The van der Waals surface area contributed by atoms with Gasteiger partial charge in [0.2, 0.25) is 0 Å². The number of halogens is 1. The normalized spacial score (nSPS) is 13.2. The minimum Gasteiger partial charge on any atom is -0.388 e. The van der Waals surface area contributed by atoms with Gasteiger partial charge in [-0.2, -0.15) is 0 Å². The Morgan fingerprint density at radius 3 is 2.63 bits per heavy atom. The molecule has 0 bridgehead atoms. The van der Waals surface area contributed by atoms with Crippen LogP contribution >= 0.6 is 11.6 Å². The quantitative estimate of drug-likeness (QED) is 0.833. The smallest absolute Gasteiger partial charge is 0.132 e.